The number of carbonyl (C=O) groups is 3. The largest absolute Gasteiger partial charge is 0.506 e. The molecule has 4 aromatic rings. The zero-order valence-electron chi connectivity index (χ0n) is 22.0. The number of aryl methyl sites for hydroxylation is 1. The van der Waals surface area contributed by atoms with Gasteiger partial charge in [0.25, 0.3) is 0 Å². The van der Waals surface area contributed by atoms with Crippen LogP contribution in [-0.2, 0) is 17.6 Å². The van der Waals surface area contributed by atoms with Gasteiger partial charge in [-0.3, -0.25) is 19.4 Å². The maximum absolute atomic E-state index is 12.8. The van der Waals surface area contributed by atoms with Crippen LogP contribution < -0.4 is 4.74 Å². The van der Waals surface area contributed by atoms with Gasteiger partial charge in [-0.05, 0) is 73.4 Å². The highest BCUT2D eigenvalue weighted by Crippen LogP contribution is 2.39. The van der Waals surface area contributed by atoms with Crippen LogP contribution in [0.2, 0.25) is 0 Å². The molecule has 0 saturated carbocycles. The van der Waals surface area contributed by atoms with Crippen molar-refractivity contribution >= 4 is 45.7 Å². The van der Waals surface area contributed by atoms with Crippen molar-refractivity contribution in [1.82, 2.24) is 0 Å². The van der Waals surface area contributed by atoms with E-state index in [-0.39, 0.29) is 29.6 Å². The Morgan fingerprint density at radius 1 is 0.872 bits per heavy atom. The number of hydrogen-bond donors (Lipinski definition) is 1. The van der Waals surface area contributed by atoms with Crippen molar-refractivity contribution in [2.24, 2.45) is 4.99 Å². The molecule has 0 radical (unpaired) electrons. The summed E-state index contributed by atoms with van der Waals surface area (Å²) >= 11 is 2.59. The van der Waals surface area contributed by atoms with Crippen molar-refractivity contribution in [2.45, 2.75) is 33.1 Å². The average molecular weight is 560 g/mol. The molecule has 0 bridgehead atoms. The van der Waals surface area contributed by atoms with Crippen molar-refractivity contribution in [3.8, 4) is 21.9 Å². The topological polar surface area (TPSA) is 93.0 Å². The van der Waals surface area contributed by atoms with Gasteiger partial charge in [-0.25, -0.2) is 0 Å². The first kappa shape index (κ1) is 28.1. The predicted octanol–water partition coefficient (Wildman–Crippen LogP) is 6.83. The van der Waals surface area contributed by atoms with E-state index < -0.39 is 0 Å². The fraction of sp³-hybridized carbons (Fsp3) is 0.226. The molecule has 200 valence electrons. The Morgan fingerprint density at radius 2 is 1.51 bits per heavy atom. The Hall–Kier alpha value is -3.88. The fourth-order valence-electron chi connectivity index (χ4n) is 4.04. The molecular weight excluding hydrogens is 530 g/mol. The molecule has 6 nitrogen and oxygen atoms in total. The fourth-order valence-corrected chi connectivity index (χ4v) is 5.95. The molecule has 2 aromatic carbocycles. The van der Waals surface area contributed by atoms with Crippen molar-refractivity contribution in [1.29, 1.82) is 0 Å². The van der Waals surface area contributed by atoms with E-state index in [0.29, 0.717) is 40.3 Å². The van der Waals surface area contributed by atoms with Crippen LogP contribution in [0.3, 0.4) is 0 Å². The molecule has 0 fully saturated rings. The van der Waals surface area contributed by atoms with Crippen LogP contribution in [0.25, 0.3) is 10.4 Å². The number of thiophene rings is 2. The summed E-state index contributed by atoms with van der Waals surface area (Å²) in [5, 5.41) is 12.6. The number of carbonyl (C=O) groups excluding carboxylic acids is 3. The third kappa shape index (κ3) is 7.16. The molecule has 1 N–H and O–H groups in total. The zero-order chi connectivity index (χ0) is 27.9. The van der Waals surface area contributed by atoms with Gasteiger partial charge in [0.05, 0.1) is 21.7 Å². The minimum absolute atomic E-state index is 0.0131. The molecule has 39 heavy (non-hydrogen) atoms. The molecule has 0 spiro atoms. The predicted molar refractivity (Wildman–Crippen MR) is 157 cm³/mol. The summed E-state index contributed by atoms with van der Waals surface area (Å²) in [6, 6.07) is 18.5. The Bertz CT molecular complexity index is 1510. The minimum atomic E-state index is -0.176. The van der Waals surface area contributed by atoms with Gasteiger partial charge in [0, 0.05) is 29.5 Å². The highest BCUT2D eigenvalue weighted by atomic mass is 32.1. The van der Waals surface area contributed by atoms with Gasteiger partial charge in [-0.2, -0.15) is 0 Å². The van der Waals surface area contributed by atoms with Crippen LogP contribution in [0.15, 0.2) is 71.0 Å². The molecule has 0 aliphatic rings. The quantitative estimate of drug-likeness (QED) is 0.152. The molecule has 0 amide bonds. The van der Waals surface area contributed by atoms with Crippen LogP contribution in [0.5, 0.6) is 11.5 Å². The molecule has 0 saturated heterocycles. The monoisotopic (exact) mass is 559 g/mol. The molecule has 4 rings (SSSR count). The van der Waals surface area contributed by atoms with Crippen LogP contribution >= 0.6 is 22.7 Å². The number of Topliss-reactive ketones (excluding diaryl/α,β-unsaturated/α-hetero) is 3. The second-order valence-electron chi connectivity index (χ2n) is 9.16. The summed E-state index contributed by atoms with van der Waals surface area (Å²) in [5.41, 5.74) is 4.02. The highest BCUT2D eigenvalue weighted by Gasteiger charge is 2.17. The van der Waals surface area contributed by atoms with Crippen molar-refractivity contribution in [3.63, 3.8) is 0 Å². The van der Waals surface area contributed by atoms with Gasteiger partial charge in [-0.1, -0.05) is 24.3 Å². The molecule has 0 unspecified atom stereocenters. The first-order chi connectivity index (χ1) is 18.7. The summed E-state index contributed by atoms with van der Waals surface area (Å²) in [7, 11) is 1.60. The number of ether oxygens (including phenoxy) is 1. The number of aliphatic imine (C=N–C) groups is 1. The van der Waals surface area contributed by atoms with E-state index in [9.17, 15) is 19.5 Å². The zero-order valence-corrected chi connectivity index (χ0v) is 23.7. The standard InChI is InChI=1S/C31H29NO5S2/c1-19(33)16-22-6-4-21(5-7-22)8-13-26(34)28-14-15-29(39-28)27(35)17-32-20(2)25-18-38-31(30(25)36)23-9-11-24(37-3)12-10-23/h4-7,9-12,14-15,18,36H,8,13,16-17H2,1-3H3. The average Bonchev–Trinajstić information content (AvgIpc) is 3.58. The summed E-state index contributed by atoms with van der Waals surface area (Å²) < 4.78 is 5.19. The Balaban J connectivity index is 1.34. The van der Waals surface area contributed by atoms with E-state index in [1.165, 1.54) is 22.7 Å². The van der Waals surface area contributed by atoms with E-state index >= 15 is 0 Å². The van der Waals surface area contributed by atoms with Gasteiger partial charge in [0.2, 0.25) is 0 Å². The summed E-state index contributed by atoms with van der Waals surface area (Å²) in [6.45, 7) is 3.26. The van der Waals surface area contributed by atoms with Gasteiger partial charge < -0.3 is 9.84 Å². The Morgan fingerprint density at radius 3 is 2.15 bits per heavy atom. The summed E-state index contributed by atoms with van der Waals surface area (Å²) in [6.07, 6.45) is 1.34. The van der Waals surface area contributed by atoms with E-state index in [2.05, 4.69) is 4.99 Å². The van der Waals surface area contributed by atoms with Gasteiger partial charge in [0.15, 0.2) is 11.6 Å². The molecule has 0 atom stereocenters. The molecular formula is C31H29NO5S2. The van der Waals surface area contributed by atoms with Gasteiger partial charge >= 0.3 is 0 Å². The number of hydrogen-bond acceptors (Lipinski definition) is 8. The Kier molecular flexibility index (Phi) is 9.22. The minimum Gasteiger partial charge on any atom is -0.506 e. The van der Waals surface area contributed by atoms with E-state index in [4.69, 9.17) is 4.74 Å². The van der Waals surface area contributed by atoms with Gasteiger partial charge in [-0.15, -0.1) is 22.7 Å². The maximum Gasteiger partial charge on any atom is 0.194 e. The third-order valence-electron chi connectivity index (χ3n) is 6.24. The van der Waals surface area contributed by atoms with E-state index in [0.717, 1.165) is 27.3 Å². The van der Waals surface area contributed by atoms with Crippen LogP contribution in [0.4, 0.5) is 0 Å². The third-order valence-corrected chi connectivity index (χ3v) is 8.42. The molecule has 2 aromatic heterocycles. The number of methoxy groups -OCH3 is 1. The van der Waals surface area contributed by atoms with E-state index in [1.54, 1.807) is 33.1 Å². The second kappa shape index (κ2) is 12.8. The number of aromatic hydroxyl groups is 1. The number of benzene rings is 2. The van der Waals surface area contributed by atoms with E-state index in [1.807, 2.05) is 53.9 Å². The lowest BCUT2D eigenvalue weighted by atomic mass is 10.0. The highest BCUT2D eigenvalue weighted by molar-refractivity contribution is 7.16. The lowest BCUT2D eigenvalue weighted by Crippen LogP contribution is -2.04. The SMILES string of the molecule is COc1ccc(-c2scc(C(C)=NCC(=O)c3ccc(C(=O)CCc4ccc(CC(C)=O)cc4)s3)c2O)cc1. The van der Waals surface area contributed by atoms with Crippen molar-refractivity contribution in [2.75, 3.05) is 13.7 Å². The summed E-state index contributed by atoms with van der Waals surface area (Å²) in [4.78, 5) is 42.9. The molecule has 2 heterocycles. The lowest BCUT2D eigenvalue weighted by molar-refractivity contribution is -0.116. The van der Waals surface area contributed by atoms with Crippen molar-refractivity contribution < 1.29 is 24.2 Å². The number of rotatable bonds is 12. The molecule has 0 aliphatic heterocycles. The number of nitrogens with zero attached hydrogens (tertiary/aromatic N) is 1. The van der Waals surface area contributed by atoms with Crippen LogP contribution in [0, 0.1) is 0 Å². The molecule has 0 aliphatic carbocycles. The summed E-state index contributed by atoms with van der Waals surface area (Å²) in [5.74, 6) is 0.800. The van der Waals surface area contributed by atoms with Crippen LogP contribution in [0.1, 0.15) is 56.3 Å². The normalized spacial score (nSPS) is 11.4. The second-order valence-corrected chi connectivity index (χ2v) is 11.1. The maximum atomic E-state index is 12.8. The van der Waals surface area contributed by atoms with Gasteiger partial charge in [0.1, 0.15) is 23.8 Å². The molecule has 8 heteroatoms. The Labute approximate surface area is 235 Å². The van der Waals surface area contributed by atoms with Crippen LogP contribution in [-0.4, -0.2) is 41.8 Å². The number of ketones is 3. The smallest absolute Gasteiger partial charge is 0.194 e. The lowest BCUT2D eigenvalue weighted by Gasteiger charge is -2.04. The van der Waals surface area contributed by atoms with Crippen molar-refractivity contribution in [3.05, 3.63) is 92.5 Å². The first-order valence-corrected chi connectivity index (χ1v) is 14.1. The first-order valence-electron chi connectivity index (χ1n) is 12.4.